The van der Waals surface area contributed by atoms with Crippen molar-refractivity contribution >= 4 is 5.84 Å². The number of allylic oxidation sites excluding steroid dienone is 6. The first-order valence-corrected chi connectivity index (χ1v) is 10.3. The molecule has 0 saturated heterocycles. The molecule has 0 spiro atoms. The van der Waals surface area contributed by atoms with E-state index in [2.05, 4.69) is 53.3 Å². The minimum absolute atomic E-state index is 0.734. The van der Waals surface area contributed by atoms with Gasteiger partial charge in [-0.25, -0.2) is 0 Å². The normalized spacial score (nSPS) is 15.3. The maximum Gasteiger partial charge on any atom is 0.0990 e. The van der Waals surface area contributed by atoms with Crippen molar-refractivity contribution in [2.75, 3.05) is 26.2 Å². The molecule has 25 heavy (non-hydrogen) atoms. The minimum Gasteiger partial charge on any atom is -0.357 e. The highest BCUT2D eigenvalue weighted by Gasteiger charge is 2.14. The van der Waals surface area contributed by atoms with Gasteiger partial charge in [-0.3, -0.25) is 4.99 Å². The van der Waals surface area contributed by atoms with Gasteiger partial charge in [-0.15, -0.1) is 0 Å². The number of rotatable bonds is 15. The zero-order valence-corrected chi connectivity index (χ0v) is 16.3. The van der Waals surface area contributed by atoms with Crippen molar-refractivity contribution in [1.29, 1.82) is 0 Å². The first-order chi connectivity index (χ1) is 12.4. The third-order valence-electron chi connectivity index (χ3n) is 4.48. The van der Waals surface area contributed by atoms with Crippen LogP contribution in [-0.4, -0.2) is 36.9 Å². The van der Waals surface area contributed by atoms with Crippen LogP contribution in [0.15, 0.2) is 41.4 Å². The molecule has 0 radical (unpaired) electrons. The van der Waals surface area contributed by atoms with E-state index in [1.54, 1.807) is 0 Å². The Hall–Kier alpha value is -1.35. The number of nitrogens with zero attached hydrogens (tertiary/aromatic N) is 2. The van der Waals surface area contributed by atoms with E-state index in [1.165, 1.54) is 44.4 Å². The Morgan fingerprint density at radius 2 is 1.60 bits per heavy atom. The molecule has 0 aliphatic carbocycles. The fourth-order valence-corrected chi connectivity index (χ4v) is 3.06. The summed E-state index contributed by atoms with van der Waals surface area (Å²) in [7, 11) is 0. The van der Waals surface area contributed by atoms with E-state index >= 15 is 0 Å². The van der Waals surface area contributed by atoms with Crippen molar-refractivity contribution in [3.05, 3.63) is 36.5 Å². The molecule has 1 aliphatic heterocycles. The molecule has 2 N–H and O–H groups in total. The molecule has 3 nitrogen and oxygen atoms in total. The maximum absolute atomic E-state index is 5.65. The largest absolute Gasteiger partial charge is 0.357 e. The second-order valence-corrected chi connectivity index (χ2v) is 6.67. The summed E-state index contributed by atoms with van der Waals surface area (Å²) >= 11 is 0. The van der Waals surface area contributed by atoms with Crippen molar-refractivity contribution < 1.29 is 0 Å². The summed E-state index contributed by atoms with van der Waals surface area (Å²) in [6, 6.07) is 0. The Morgan fingerprint density at radius 1 is 0.920 bits per heavy atom. The van der Waals surface area contributed by atoms with Gasteiger partial charge < -0.3 is 10.6 Å². The van der Waals surface area contributed by atoms with Crippen molar-refractivity contribution in [3.8, 4) is 0 Å². The standard InChI is InChI=1S/C22H39N3/c1-2-3-4-5-6-7-8-9-10-11-12-13-14-15-16-17-22-24-19-21-25(22)20-18-23/h3-4,6-7,9-10H,2,5,8,11-21,23H2,1H3/b4-3+,7-6+,10-9+. The number of hydrogen-bond donors (Lipinski definition) is 1. The number of hydrogen-bond acceptors (Lipinski definition) is 3. The average molecular weight is 346 g/mol. The van der Waals surface area contributed by atoms with Gasteiger partial charge in [0.25, 0.3) is 0 Å². The minimum atomic E-state index is 0.734. The van der Waals surface area contributed by atoms with Crippen LogP contribution in [0.4, 0.5) is 0 Å². The highest BCUT2D eigenvalue weighted by molar-refractivity contribution is 5.83. The SMILES string of the molecule is CC/C=C/C/C=C/C/C=C/CCCCCCCC1=NCCN1CCN. The summed E-state index contributed by atoms with van der Waals surface area (Å²) in [5.41, 5.74) is 5.65. The van der Waals surface area contributed by atoms with Crippen LogP contribution in [-0.2, 0) is 0 Å². The molecule has 1 rings (SSSR count). The van der Waals surface area contributed by atoms with E-state index in [4.69, 9.17) is 5.73 Å². The van der Waals surface area contributed by atoms with Gasteiger partial charge in [0, 0.05) is 26.1 Å². The van der Waals surface area contributed by atoms with Gasteiger partial charge in [-0.2, -0.15) is 0 Å². The second kappa shape index (κ2) is 16.1. The molecule has 0 aromatic rings. The predicted octanol–water partition coefficient (Wildman–Crippen LogP) is 5.25. The Labute approximate surface area is 155 Å². The van der Waals surface area contributed by atoms with Gasteiger partial charge in [0.1, 0.15) is 0 Å². The molecular weight excluding hydrogens is 306 g/mol. The van der Waals surface area contributed by atoms with E-state index in [-0.39, 0.29) is 0 Å². The second-order valence-electron chi connectivity index (χ2n) is 6.67. The number of amidine groups is 1. The van der Waals surface area contributed by atoms with Crippen molar-refractivity contribution in [1.82, 2.24) is 4.90 Å². The molecule has 0 saturated carbocycles. The van der Waals surface area contributed by atoms with Gasteiger partial charge in [0.05, 0.1) is 12.4 Å². The third-order valence-corrected chi connectivity index (χ3v) is 4.48. The summed E-state index contributed by atoms with van der Waals surface area (Å²) in [4.78, 5) is 6.97. The van der Waals surface area contributed by atoms with Crippen molar-refractivity contribution in [2.24, 2.45) is 10.7 Å². The fourth-order valence-electron chi connectivity index (χ4n) is 3.06. The lowest BCUT2D eigenvalue weighted by Gasteiger charge is -2.19. The van der Waals surface area contributed by atoms with Gasteiger partial charge in [0.15, 0.2) is 0 Å². The molecule has 0 aromatic heterocycles. The van der Waals surface area contributed by atoms with Crippen LogP contribution in [0.25, 0.3) is 0 Å². The number of unbranched alkanes of at least 4 members (excludes halogenated alkanes) is 5. The molecule has 1 aliphatic rings. The first-order valence-electron chi connectivity index (χ1n) is 10.3. The molecule has 142 valence electrons. The topological polar surface area (TPSA) is 41.6 Å². The lowest BCUT2D eigenvalue weighted by Crippen LogP contribution is -2.32. The van der Waals surface area contributed by atoms with E-state index in [0.29, 0.717) is 0 Å². The Morgan fingerprint density at radius 3 is 2.36 bits per heavy atom. The zero-order valence-electron chi connectivity index (χ0n) is 16.3. The van der Waals surface area contributed by atoms with Crippen LogP contribution in [0.3, 0.4) is 0 Å². The van der Waals surface area contributed by atoms with Crippen LogP contribution >= 0.6 is 0 Å². The Balaban J connectivity index is 1.89. The van der Waals surface area contributed by atoms with Crippen molar-refractivity contribution in [2.45, 2.75) is 71.1 Å². The summed E-state index contributed by atoms with van der Waals surface area (Å²) in [5, 5.41) is 0. The van der Waals surface area contributed by atoms with Gasteiger partial charge in [-0.05, 0) is 38.5 Å². The van der Waals surface area contributed by atoms with Crippen LogP contribution < -0.4 is 5.73 Å². The van der Waals surface area contributed by atoms with Crippen LogP contribution in [0.2, 0.25) is 0 Å². The highest BCUT2D eigenvalue weighted by atomic mass is 15.2. The van der Waals surface area contributed by atoms with Gasteiger partial charge in [0.2, 0.25) is 0 Å². The summed E-state index contributed by atoms with van der Waals surface area (Å²) in [6.45, 7) is 5.91. The van der Waals surface area contributed by atoms with Crippen LogP contribution in [0.1, 0.15) is 71.1 Å². The maximum atomic E-state index is 5.65. The first kappa shape index (κ1) is 21.7. The summed E-state index contributed by atoms with van der Waals surface area (Å²) in [5.74, 6) is 1.30. The quantitative estimate of drug-likeness (QED) is 0.325. The zero-order chi connectivity index (χ0) is 18.0. The number of aliphatic imine (C=N–C) groups is 1. The van der Waals surface area contributed by atoms with E-state index in [9.17, 15) is 0 Å². The number of nitrogens with two attached hydrogens (primary N) is 1. The molecule has 0 amide bonds. The molecule has 0 atom stereocenters. The smallest absolute Gasteiger partial charge is 0.0990 e. The van der Waals surface area contributed by atoms with Gasteiger partial charge >= 0.3 is 0 Å². The van der Waals surface area contributed by atoms with Crippen molar-refractivity contribution in [3.63, 3.8) is 0 Å². The van der Waals surface area contributed by atoms with Crippen LogP contribution in [0, 0.1) is 0 Å². The fraction of sp³-hybridized carbons (Fsp3) is 0.682. The summed E-state index contributed by atoms with van der Waals surface area (Å²) in [6.07, 6.45) is 25.8. The lowest BCUT2D eigenvalue weighted by atomic mass is 10.1. The average Bonchev–Trinajstić information content (AvgIpc) is 3.06. The lowest BCUT2D eigenvalue weighted by molar-refractivity contribution is 0.456. The van der Waals surface area contributed by atoms with Crippen LogP contribution in [0.5, 0.6) is 0 Å². The summed E-state index contributed by atoms with van der Waals surface area (Å²) < 4.78 is 0. The molecule has 0 bridgehead atoms. The van der Waals surface area contributed by atoms with Gasteiger partial charge in [-0.1, -0.05) is 62.6 Å². The molecule has 0 fully saturated rings. The predicted molar refractivity (Wildman–Crippen MR) is 112 cm³/mol. The molecule has 3 heteroatoms. The van der Waals surface area contributed by atoms with E-state index < -0.39 is 0 Å². The van der Waals surface area contributed by atoms with E-state index in [0.717, 1.165) is 51.9 Å². The molecule has 0 unspecified atom stereocenters. The molecule has 0 aromatic carbocycles. The monoisotopic (exact) mass is 345 g/mol. The Bertz CT molecular complexity index is 421. The Kier molecular flexibility index (Phi) is 14.0. The molecule has 1 heterocycles. The third kappa shape index (κ3) is 11.8. The van der Waals surface area contributed by atoms with E-state index in [1.807, 2.05) is 0 Å². The molecular formula is C22H39N3. The highest BCUT2D eigenvalue weighted by Crippen LogP contribution is 2.12.